The minimum Gasteiger partial charge on any atom is -0.465 e. The quantitative estimate of drug-likeness (QED) is 0.374. The lowest BCUT2D eigenvalue weighted by Crippen LogP contribution is -2.28. The average molecular weight is 334 g/mol. The minimum atomic E-state index is -3.62. The summed E-state index contributed by atoms with van der Waals surface area (Å²) in [5, 5.41) is -3.62. The van der Waals surface area contributed by atoms with E-state index in [9.17, 15) is 13.0 Å². The van der Waals surface area contributed by atoms with Gasteiger partial charge >= 0.3 is 5.25 Å². The molecular formula is C15H20F2O4S. The standard InChI is InChI=1S/C15H20F2O4S/c1-3-7-14(21-12-20-11-10-19-2)15(16,17)22(18)13-8-5-4-6-9-13/h4-9H,3,10-12H2,1-2H3/b14-7-. The van der Waals surface area contributed by atoms with Crippen molar-refractivity contribution in [1.82, 2.24) is 0 Å². The van der Waals surface area contributed by atoms with Gasteiger partial charge in [0, 0.05) is 12.0 Å². The summed E-state index contributed by atoms with van der Waals surface area (Å²) in [6.45, 7) is 1.90. The molecule has 0 aliphatic carbocycles. The fourth-order valence-corrected chi connectivity index (χ4v) is 2.56. The summed E-state index contributed by atoms with van der Waals surface area (Å²) in [4.78, 5) is 0.0402. The summed E-state index contributed by atoms with van der Waals surface area (Å²) in [7, 11) is -1.04. The first-order valence-corrected chi connectivity index (χ1v) is 7.93. The largest absolute Gasteiger partial charge is 0.465 e. The average Bonchev–Trinajstić information content (AvgIpc) is 2.53. The Kier molecular flexibility index (Phi) is 8.22. The fraction of sp³-hybridized carbons (Fsp3) is 0.467. The van der Waals surface area contributed by atoms with E-state index in [0.29, 0.717) is 13.0 Å². The zero-order valence-corrected chi connectivity index (χ0v) is 13.4. The second-order valence-corrected chi connectivity index (χ2v) is 5.76. The molecule has 0 aromatic heterocycles. The molecule has 0 saturated heterocycles. The predicted molar refractivity (Wildman–Crippen MR) is 80.0 cm³/mol. The minimum absolute atomic E-state index is 0.0402. The first kappa shape index (κ1) is 18.7. The maximum absolute atomic E-state index is 14.4. The molecule has 0 bridgehead atoms. The van der Waals surface area contributed by atoms with Gasteiger partial charge in [0.05, 0.1) is 13.2 Å². The van der Waals surface area contributed by atoms with E-state index in [1.807, 2.05) is 0 Å². The number of ether oxygens (including phenoxy) is 3. The van der Waals surface area contributed by atoms with Gasteiger partial charge in [-0.15, -0.1) is 0 Å². The molecule has 1 unspecified atom stereocenters. The molecule has 0 saturated carbocycles. The molecule has 1 rings (SSSR count). The molecule has 4 nitrogen and oxygen atoms in total. The van der Waals surface area contributed by atoms with Crippen LogP contribution >= 0.6 is 0 Å². The highest BCUT2D eigenvalue weighted by atomic mass is 32.2. The molecule has 1 aromatic rings. The molecular weight excluding hydrogens is 314 g/mol. The van der Waals surface area contributed by atoms with Crippen molar-refractivity contribution in [3.8, 4) is 0 Å². The lowest BCUT2D eigenvalue weighted by Gasteiger charge is -2.20. The van der Waals surface area contributed by atoms with Crippen molar-refractivity contribution in [2.24, 2.45) is 0 Å². The van der Waals surface area contributed by atoms with Gasteiger partial charge in [0.25, 0.3) is 0 Å². The number of rotatable bonds is 10. The van der Waals surface area contributed by atoms with E-state index in [0.717, 1.165) is 0 Å². The van der Waals surface area contributed by atoms with E-state index < -0.39 is 21.8 Å². The third-order valence-corrected chi connectivity index (χ3v) is 3.96. The fourth-order valence-electron chi connectivity index (χ4n) is 1.54. The first-order valence-electron chi connectivity index (χ1n) is 6.78. The molecule has 0 N–H and O–H groups in total. The van der Waals surface area contributed by atoms with Crippen molar-refractivity contribution in [2.45, 2.75) is 23.5 Å². The van der Waals surface area contributed by atoms with Crippen molar-refractivity contribution < 1.29 is 27.2 Å². The van der Waals surface area contributed by atoms with Gasteiger partial charge in [-0.2, -0.15) is 8.78 Å². The molecule has 0 amide bonds. The Hall–Kier alpha value is -1.31. The summed E-state index contributed by atoms with van der Waals surface area (Å²) in [6, 6.07) is 7.57. The van der Waals surface area contributed by atoms with Crippen LogP contribution in [0.2, 0.25) is 0 Å². The Labute approximate surface area is 131 Å². The van der Waals surface area contributed by atoms with Crippen LogP contribution in [0.5, 0.6) is 0 Å². The van der Waals surface area contributed by atoms with Crippen LogP contribution in [0.4, 0.5) is 8.78 Å². The molecule has 0 aliphatic heterocycles. The van der Waals surface area contributed by atoms with Crippen molar-refractivity contribution in [3.63, 3.8) is 0 Å². The smallest absolute Gasteiger partial charge is 0.381 e. The van der Waals surface area contributed by atoms with Crippen LogP contribution in [0.25, 0.3) is 0 Å². The molecule has 22 heavy (non-hydrogen) atoms. The summed E-state index contributed by atoms with van der Waals surface area (Å²) in [6.07, 6.45) is 1.54. The number of allylic oxidation sites excluding steroid dienone is 1. The highest BCUT2D eigenvalue weighted by Crippen LogP contribution is 2.33. The van der Waals surface area contributed by atoms with Gasteiger partial charge in [-0.05, 0) is 24.6 Å². The summed E-state index contributed by atoms with van der Waals surface area (Å²) < 4.78 is 55.6. The van der Waals surface area contributed by atoms with E-state index in [-0.39, 0.29) is 18.3 Å². The first-order chi connectivity index (χ1) is 10.5. The summed E-state index contributed by atoms with van der Waals surface area (Å²) in [5.41, 5.74) is 0. The molecule has 0 radical (unpaired) electrons. The Balaban J connectivity index is 2.76. The topological polar surface area (TPSA) is 44.8 Å². The Morgan fingerprint density at radius 3 is 2.55 bits per heavy atom. The Morgan fingerprint density at radius 1 is 1.27 bits per heavy atom. The number of methoxy groups -OCH3 is 1. The van der Waals surface area contributed by atoms with Gasteiger partial charge in [-0.1, -0.05) is 25.1 Å². The van der Waals surface area contributed by atoms with Crippen LogP contribution in [-0.4, -0.2) is 36.6 Å². The molecule has 1 atom stereocenters. The molecule has 0 aliphatic rings. The monoisotopic (exact) mass is 334 g/mol. The zero-order chi connectivity index (χ0) is 16.4. The predicted octanol–water partition coefficient (Wildman–Crippen LogP) is 3.32. The van der Waals surface area contributed by atoms with Crippen molar-refractivity contribution in [3.05, 3.63) is 42.2 Å². The van der Waals surface area contributed by atoms with Gasteiger partial charge in [0.1, 0.15) is 10.8 Å². The maximum Gasteiger partial charge on any atom is 0.381 e. The van der Waals surface area contributed by atoms with E-state index in [2.05, 4.69) is 0 Å². The molecule has 0 heterocycles. The summed E-state index contributed by atoms with van der Waals surface area (Å²) >= 11 is 0. The number of halogens is 2. The molecule has 1 aromatic carbocycles. The zero-order valence-electron chi connectivity index (χ0n) is 12.6. The number of alkyl halides is 2. The van der Waals surface area contributed by atoms with E-state index >= 15 is 0 Å². The Morgan fingerprint density at radius 2 is 1.95 bits per heavy atom. The number of hydrogen-bond acceptors (Lipinski definition) is 4. The molecule has 0 fully saturated rings. The lowest BCUT2D eigenvalue weighted by molar-refractivity contribution is -0.0657. The molecule has 7 heteroatoms. The van der Waals surface area contributed by atoms with Crippen LogP contribution in [0.1, 0.15) is 13.3 Å². The van der Waals surface area contributed by atoms with Crippen molar-refractivity contribution >= 4 is 10.8 Å². The highest BCUT2D eigenvalue weighted by molar-refractivity contribution is 7.86. The van der Waals surface area contributed by atoms with Crippen LogP contribution in [0.3, 0.4) is 0 Å². The van der Waals surface area contributed by atoms with Crippen LogP contribution < -0.4 is 0 Å². The van der Waals surface area contributed by atoms with E-state index in [4.69, 9.17) is 14.2 Å². The third kappa shape index (κ3) is 5.47. The summed E-state index contributed by atoms with van der Waals surface area (Å²) in [5.74, 6) is -0.644. The molecule has 0 spiro atoms. The van der Waals surface area contributed by atoms with Gasteiger partial charge < -0.3 is 14.2 Å². The molecule has 124 valence electrons. The van der Waals surface area contributed by atoms with Crippen LogP contribution in [-0.2, 0) is 25.0 Å². The Bertz CT molecular complexity index is 492. The van der Waals surface area contributed by atoms with Gasteiger partial charge in [0.15, 0.2) is 12.6 Å². The second-order valence-electron chi connectivity index (χ2n) is 4.24. The number of hydrogen-bond donors (Lipinski definition) is 0. The normalized spacial score (nSPS) is 13.9. The van der Waals surface area contributed by atoms with Gasteiger partial charge in [-0.3, -0.25) is 0 Å². The van der Waals surface area contributed by atoms with Crippen LogP contribution in [0.15, 0.2) is 47.1 Å². The van der Waals surface area contributed by atoms with Crippen LogP contribution in [0, 0.1) is 0 Å². The van der Waals surface area contributed by atoms with Crippen molar-refractivity contribution in [1.29, 1.82) is 0 Å². The van der Waals surface area contributed by atoms with E-state index in [1.54, 1.807) is 25.1 Å². The maximum atomic E-state index is 14.4. The highest BCUT2D eigenvalue weighted by Gasteiger charge is 2.44. The SMILES string of the molecule is CC/C=C(\OCOCCOC)C(F)(F)S(=O)c1ccccc1. The lowest BCUT2D eigenvalue weighted by atomic mass is 10.4. The second kappa shape index (κ2) is 9.66. The van der Waals surface area contributed by atoms with E-state index in [1.165, 1.54) is 25.3 Å². The third-order valence-electron chi connectivity index (χ3n) is 2.60. The van der Waals surface area contributed by atoms with Gasteiger partial charge in [0.2, 0.25) is 0 Å². The van der Waals surface area contributed by atoms with Gasteiger partial charge in [-0.25, -0.2) is 4.21 Å². The number of benzene rings is 1. The van der Waals surface area contributed by atoms with Crippen molar-refractivity contribution in [2.75, 3.05) is 27.1 Å².